The predicted molar refractivity (Wildman–Crippen MR) is 78.4 cm³/mol. The molecular formula is C16H8ClF2NO4. The summed E-state index contributed by atoms with van der Waals surface area (Å²) in [6, 6.07) is 9.93. The molecule has 0 radical (unpaired) electrons. The molecule has 0 N–H and O–H groups in total. The van der Waals surface area contributed by atoms with Gasteiger partial charge >= 0.3 is 11.9 Å². The fourth-order valence-corrected chi connectivity index (χ4v) is 2.29. The molecule has 2 aromatic carbocycles. The van der Waals surface area contributed by atoms with Crippen LogP contribution in [0.15, 0.2) is 48.5 Å². The number of fused-ring (bicyclic) bond motifs is 1. The Bertz CT molecular complexity index is 816. The number of halogens is 3. The van der Waals surface area contributed by atoms with E-state index < -0.39 is 29.3 Å². The summed E-state index contributed by atoms with van der Waals surface area (Å²) in [7, 11) is 0. The Morgan fingerprint density at radius 2 is 1.46 bits per heavy atom. The quantitative estimate of drug-likeness (QED) is 0.797. The van der Waals surface area contributed by atoms with Crippen LogP contribution in [-0.4, -0.2) is 22.8 Å². The average Bonchev–Trinajstić information content (AvgIpc) is 2.80. The van der Waals surface area contributed by atoms with Crippen molar-refractivity contribution in [1.82, 2.24) is 5.06 Å². The Morgan fingerprint density at radius 1 is 0.958 bits per heavy atom. The fraction of sp³-hybridized carbons (Fsp3) is 0.0625. The highest BCUT2D eigenvalue weighted by Crippen LogP contribution is 2.32. The number of alkyl halides is 2. The van der Waals surface area contributed by atoms with Gasteiger partial charge in [0.25, 0.3) is 11.8 Å². The van der Waals surface area contributed by atoms with Gasteiger partial charge in [-0.2, -0.15) is 8.78 Å². The van der Waals surface area contributed by atoms with Gasteiger partial charge in [0.1, 0.15) is 0 Å². The van der Waals surface area contributed by atoms with Crippen molar-refractivity contribution in [3.8, 4) is 0 Å². The first-order chi connectivity index (χ1) is 11.3. The Hall–Kier alpha value is -2.80. The average molecular weight is 352 g/mol. The number of hydrogen-bond acceptors (Lipinski definition) is 4. The second-order valence-corrected chi connectivity index (χ2v) is 5.35. The van der Waals surface area contributed by atoms with Crippen LogP contribution < -0.4 is 0 Å². The lowest BCUT2D eigenvalue weighted by atomic mass is 10.1. The van der Waals surface area contributed by atoms with Crippen LogP contribution in [0.4, 0.5) is 8.78 Å². The van der Waals surface area contributed by atoms with Crippen molar-refractivity contribution in [2.75, 3.05) is 0 Å². The van der Waals surface area contributed by atoms with Crippen LogP contribution in [0.1, 0.15) is 26.3 Å². The predicted octanol–water partition coefficient (Wildman–Crippen LogP) is 3.19. The van der Waals surface area contributed by atoms with Gasteiger partial charge in [-0.05, 0) is 24.3 Å². The minimum Gasteiger partial charge on any atom is -0.323 e. The lowest BCUT2D eigenvalue weighted by molar-refractivity contribution is -0.198. The molecule has 1 heterocycles. The molecule has 3 rings (SSSR count). The summed E-state index contributed by atoms with van der Waals surface area (Å²) >= 11 is 5.61. The summed E-state index contributed by atoms with van der Waals surface area (Å²) in [5.74, 6) is -8.05. The van der Waals surface area contributed by atoms with Crippen LogP contribution in [0.5, 0.6) is 0 Å². The number of benzene rings is 2. The van der Waals surface area contributed by atoms with Crippen LogP contribution in [0.25, 0.3) is 0 Å². The summed E-state index contributed by atoms with van der Waals surface area (Å²) in [4.78, 5) is 40.2. The molecule has 24 heavy (non-hydrogen) atoms. The summed E-state index contributed by atoms with van der Waals surface area (Å²) in [5, 5.41) is 0.250. The van der Waals surface area contributed by atoms with E-state index in [2.05, 4.69) is 4.84 Å². The summed E-state index contributed by atoms with van der Waals surface area (Å²) in [6.45, 7) is 0. The van der Waals surface area contributed by atoms with E-state index in [1.165, 1.54) is 36.4 Å². The Labute approximate surface area is 139 Å². The van der Waals surface area contributed by atoms with Crippen molar-refractivity contribution in [2.24, 2.45) is 0 Å². The molecule has 0 atom stereocenters. The minimum absolute atomic E-state index is 0.0230. The molecule has 1 aliphatic rings. The lowest BCUT2D eigenvalue weighted by Gasteiger charge is -2.18. The van der Waals surface area contributed by atoms with Crippen LogP contribution in [0.2, 0.25) is 5.02 Å². The number of carbonyl (C=O) groups excluding carboxylic acids is 3. The number of hydrogen-bond donors (Lipinski definition) is 0. The third-order valence-corrected chi connectivity index (χ3v) is 3.65. The van der Waals surface area contributed by atoms with E-state index in [1.807, 2.05) is 0 Å². The van der Waals surface area contributed by atoms with Gasteiger partial charge in [-0.3, -0.25) is 9.59 Å². The van der Waals surface area contributed by atoms with Crippen LogP contribution >= 0.6 is 11.6 Å². The van der Waals surface area contributed by atoms with Crippen molar-refractivity contribution >= 4 is 29.4 Å². The number of amides is 2. The van der Waals surface area contributed by atoms with Gasteiger partial charge in [0.15, 0.2) is 0 Å². The van der Waals surface area contributed by atoms with Gasteiger partial charge in [-0.25, -0.2) is 4.79 Å². The molecular weight excluding hydrogens is 344 g/mol. The van der Waals surface area contributed by atoms with E-state index in [4.69, 9.17) is 11.6 Å². The van der Waals surface area contributed by atoms with Gasteiger partial charge in [-0.15, -0.1) is 0 Å². The molecule has 0 saturated carbocycles. The zero-order valence-corrected chi connectivity index (χ0v) is 12.6. The number of imide groups is 1. The van der Waals surface area contributed by atoms with Gasteiger partial charge in [-0.1, -0.05) is 40.9 Å². The van der Waals surface area contributed by atoms with E-state index >= 15 is 0 Å². The second-order valence-electron chi connectivity index (χ2n) is 4.91. The van der Waals surface area contributed by atoms with Crippen molar-refractivity contribution < 1.29 is 28.0 Å². The molecule has 0 aromatic heterocycles. The van der Waals surface area contributed by atoms with Crippen molar-refractivity contribution in [1.29, 1.82) is 0 Å². The lowest BCUT2D eigenvalue weighted by Crippen LogP contribution is -2.38. The van der Waals surface area contributed by atoms with Crippen LogP contribution in [-0.2, 0) is 15.6 Å². The first kappa shape index (κ1) is 16.1. The second kappa shape index (κ2) is 5.68. The first-order valence-corrected chi connectivity index (χ1v) is 7.04. The van der Waals surface area contributed by atoms with E-state index in [0.29, 0.717) is 0 Å². The fourth-order valence-electron chi connectivity index (χ4n) is 2.17. The normalized spacial score (nSPS) is 13.9. The number of nitrogens with zero attached hydrogens (tertiary/aromatic N) is 1. The molecule has 1 aliphatic heterocycles. The van der Waals surface area contributed by atoms with Gasteiger partial charge < -0.3 is 4.84 Å². The summed E-state index contributed by atoms with van der Waals surface area (Å²) in [5.41, 5.74) is -0.719. The van der Waals surface area contributed by atoms with E-state index in [-0.39, 0.29) is 21.2 Å². The van der Waals surface area contributed by atoms with Crippen LogP contribution in [0.3, 0.4) is 0 Å². The summed E-state index contributed by atoms with van der Waals surface area (Å²) in [6.07, 6.45) is 0. The first-order valence-electron chi connectivity index (χ1n) is 6.66. The molecule has 122 valence electrons. The summed E-state index contributed by atoms with van der Waals surface area (Å²) < 4.78 is 28.3. The molecule has 0 unspecified atom stereocenters. The van der Waals surface area contributed by atoms with Crippen molar-refractivity contribution in [2.45, 2.75) is 5.92 Å². The monoisotopic (exact) mass is 351 g/mol. The molecule has 2 aromatic rings. The third-order valence-electron chi connectivity index (χ3n) is 3.39. The van der Waals surface area contributed by atoms with Crippen molar-refractivity contribution in [3.63, 3.8) is 0 Å². The third kappa shape index (κ3) is 2.52. The van der Waals surface area contributed by atoms with Gasteiger partial charge in [0.2, 0.25) is 0 Å². The molecule has 5 nitrogen and oxygen atoms in total. The highest BCUT2D eigenvalue weighted by atomic mass is 35.5. The minimum atomic E-state index is -4.06. The molecule has 0 fully saturated rings. The maximum absolute atomic E-state index is 14.2. The molecule has 8 heteroatoms. The zero-order chi connectivity index (χ0) is 17.5. The smallest absolute Gasteiger partial charge is 0.323 e. The van der Waals surface area contributed by atoms with Gasteiger partial charge in [0, 0.05) is 10.6 Å². The topological polar surface area (TPSA) is 63.7 Å². The van der Waals surface area contributed by atoms with E-state index in [1.54, 1.807) is 0 Å². The van der Waals surface area contributed by atoms with E-state index in [0.717, 1.165) is 12.1 Å². The standard InChI is InChI=1S/C16H8ClF2NO4/c17-10-7-5-9(6-8-10)16(18,19)15(23)24-20-13(21)11-3-1-2-4-12(11)14(20)22/h1-8H. The highest BCUT2D eigenvalue weighted by molar-refractivity contribution is 6.30. The highest BCUT2D eigenvalue weighted by Gasteiger charge is 2.47. The zero-order valence-electron chi connectivity index (χ0n) is 11.8. The Balaban J connectivity index is 1.84. The Kier molecular flexibility index (Phi) is 3.81. The maximum atomic E-state index is 14.2. The van der Waals surface area contributed by atoms with Gasteiger partial charge in [0.05, 0.1) is 11.1 Å². The molecule has 0 saturated heterocycles. The SMILES string of the molecule is O=C1c2ccccc2C(=O)N1OC(=O)C(F)(F)c1ccc(Cl)cc1. The number of rotatable bonds is 3. The van der Waals surface area contributed by atoms with Crippen molar-refractivity contribution in [3.05, 3.63) is 70.2 Å². The molecule has 0 spiro atoms. The van der Waals surface area contributed by atoms with Crippen LogP contribution in [0, 0.1) is 0 Å². The molecule has 2 amide bonds. The molecule has 0 bridgehead atoms. The van der Waals surface area contributed by atoms with E-state index in [9.17, 15) is 23.2 Å². The Morgan fingerprint density at radius 3 is 1.96 bits per heavy atom. The number of hydroxylamine groups is 2. The number of carbonyl (C=O) groups is 3. The largest absolute Gasteiger partial charge is 0.407 e. The maximum Gasteiger partial charge on any atom is 0.407 e. The molecule has 0 aliphatic carbocycles.